The molecule has 4 aromatic rings. The normalized spacial score (nSPS) is 14.8. The molecule has 0 atom stereocenters. The first-order valence-electron chi connectivity index (χ1n) is 9.05. The summed E-state index contributed by atoms with van der Waals surface area (Å²) in [5.41, 5.74) is 14.7. The van der Waals surface area contributed by atoms with Gasteiger partial charge in [-0.1, -0.05) is 54.6 Å². The fraction of sp³-hybridized carbons (Fsp3) is 0.0833. The number of fused-ring (bicyclic) bond motifs is 3. The summed E-state index contributed by atoms with van der Waals surface area (Å²) in [5.74, 6) is 0. The maximum atomic E-state index is 6.33. The molecule has 2 heteroatoms. The molecule has 1 heterocycles. The van der Waals surface area contributed by atoms with E-state index in [1.165, 1.54) is 38.5 Å². The van der Waals surface area contributed by atoms with Gasteiger partial charge in [0.2, 0.25) is 0 Å². The van der Waals surface area contributed by atoms with E-state index >= 15 is 0 Å². The van der Waals surface area contributed by atoms with Crippen LogP contribution in [0.5, 0.6) is 0 Å². The molecule has 1 aliphatic carbocycles. The molecule has 3 aromatic carbocycles. The van der Waals surface area contributed by atoms with Crippen LogP contribution in [0.3, 0.4) is 0 Å². The Morgan fingerprint density at radius 3 is 2.35 bits per heavy atom. The molecule has 26 heavy (non-hydrogen) atoms. The zero-order valence-corrected chi connectivity index (χ0v) is 14.5. The Morgan fingerprint density at radius 1 is 0.692 bits per heavy atom. The Balaban J connectivity index is 1.64. The van der Waals surface area contributed by atoms with Gasteiger partial charge in [-0.2, -0.15) is 0 Å². The fourth-order valence-corrected chi connectivity index (χ4v) is 3.91. The lowest BCUT2D eigenvalue weighted by Gasteiger charge is -2.18. The van der Waals surface area contributed by atoms with E-state index < -0.39 is 0 Å². The highest BCUT2D eigenvalue weighted by atomic mass is 14.7. The Kier molecular flexibility index (Phi) is 3.42. The lowest BCUT2D eigenvalue weighted by Crippen LogP contribution is -2.06. The topological polar surface area (TPSA) is 41.8 Å². The molecule has 0 saturated heterocycles. The zero-order chi connectivity index (χ0) is 17.5. The average molecular weight is 336 g/mol. The Labute approximate surface area is 152 Å². The molecule has 0 saturated carbocycles. The van der Waals surface area contributed by atoms with Crippen LogP contribution in [0.15, 0.2) is 84.6 Å². The number of aromatic amines is 1. The van der Waals surface area contributed by atoms with E-state index in [0.717, 1.165) is 24.1 Å². The molecule has 3 N–H and O–H groups in total. The average Bonchev–Trinajstić information content (AvgIpc) is 3.07. The quantitative estimate of drug-likeness (QED) is 0.472. The second-order valence-electron chi connectivity index (χ2n) is 6.91. The summed E-state index contributed by atoms with van der Waals surface area (Å²) in [6.07, 6.45) is 4.15. The first-order valence-corrected chi connectivity index (χ1v) is 9.05. The van der Waals surface area contributed by atoms with Crippen molar-refractivity contribution in [3.05, 3.63) is 95.7 Å². The summed E-state index contributed by atoms with van der Waals surface area (Å²) in [6, 6.07) is 25.6. The highest BCUT2D eigenvalue weighted by Gasteiger charge is 2.15. The highest BCUT2D eigenvalue weighted by molar-refractivity contribution is 6.08. The van der Waals surface area contributed by atoms with E-state index in [-0.39, 0.29) is 0 Å². The van der Waals surface area contributed by atoms with Crippen molar-refractivity contribution in [2.45, 2.75) is 12.8 Å². The first kappa shape index (κ1) is 15.0. The summed E-state index contributed by atoms with van der Waals surface area (Å²) in [7, 11) is 0. The van der Waals surface area contributed by atoms with Crippen molar-refractivity contribution in [1.82, 2.24) is 4.98 Å². The Bertz CT molecular complexity index is 1180. The summed E-state index contributed by atoms with van der Waals surface area (Å²) in [6.45, 7) is 0. The Hall–Kier alpha value is -3.26. The summed E-state index contributed by atoms with van der Waals surface area (Å²) in [4.78, 5) is 3.50. The predicted octanol–water partition coefficient (Wildman–Crippen LogP) is 5.87. The van der Waals surface area contributed by atoms with Crippen LogP contribution < -0.4 is 5.73 Å². The van der Waals surface area contributed by atoms with Crippen LogP contribution in [0.1, 0.15) is 24.0 Å². The summed E-state index contributed by atoms with van der Waals surface area (Å²) < 4.78 is 0. The zero-order valence-electron chi connectivity index (χ0n) is 14.5. The maximum Gasteiger partial charge on any atom is 0.0465 e. The summed E-state index contributed by atoms with van der Waals surface area (Å²) >= 11 is 0. The number of benzene rings is 3. The molecule has 0 fully saturated rings. The number of aromatic nitrogens is 1. The van der Waals surface area contributed by atoms with Crippen LogP contribution in [0.25, 0.3) is 33.0 Å². The van der Waals surface area contributed by atoms with Gasteiger partial charge in [0, 0.05) is 33.1 Å². The van der Waals surface area contributed by atoms with Gasteiger partial charge in [-0.05, 0) is 53.8 Å². The molecule has 0 radical (unpaired) electrons. The van der Waals surface area contributed by atoms with Crippen molar-refractivity contribution in [3.63, 3.8) is 0 Å². The second-order valence-corrected chi connectivity index (χ2v) is 6.91. The summed E-state index contributed by atoms with van der Waals surface area (Å²) in [5, 5.41) is 2.56. The molecule has 2 nitrogen and oxygen atoms in total. The number of hydrogen-bond donors (Lipinski definition) is 2. The van der Waals surface area contributed by atoms with Gasteiger partial charge in [0.25, 0.3) is 0 Å². The van der Waals surface area contributed by atoms with E-state index in [2.05, 4.69) is 77.8 Å². The van der Waals surface area contributed by atoms with Crippen molar-refractivity contribution in [2.75, 3.05) is 0 Å². The third kappa shape index (κ3) is 2.42. The van der Waals surface area contributed by atoms with E-state index in [9.17, 15) is 0 Å². The SMILES string of the molecule is NC1=C(c2ccccc2)C=C(c2ccc3[nH]c4ccccc4c3c2)CC1. The lowest BCUT2D eigenvalue weighted by atomic mass is 9.88. The lowest BCUT2D eigenvalue weighted by molar-refractivity contribution is 0.964. The van der Waals surface area contributed by atoms with Gasteiger partial charge < -0.3 is 10.7 Å². The minimum absolute atomic E-state index is 0.905. The largest absolute Gasteiger partial charge is 0.402 e. The van der Waals surface area contributed by atoms with Crippen LogP contribution >= 0.6 is 0 Å². The van der Waals surface area contributed by atoms with Gasteiger partial charge in [0.05, 0.1) is 0 Å². The molecular formula is C24H20N2. The van der Waals surface area contributed by atoms with Gasteiger partial charge in [-0.3, -0.25) is 0 Å². The number of H-pyrrole nitrogens is 1. The van der Waals surface area contributed by atoms with Crippen molar-refractivity contribution in [2.24, 2.45) is 5.73 Å². The van der Waals surface area contributed by atoms with Gasteiger partial charge in [0.15, 0.2) is 0 Å². The monoisotopic (exact) mass is 336 g/mol. The van der Waals surface area contributed by atoms with Crippen LogP contribution in [-0.4, -0.2) is 4.98 Å². The Morgan fingerprint density at radius 2 is 1.46 bits per heavy atom. The third-order valence-corrected chi connectivity index (χ3v) is 5.29. The van der Waals surface area contributed by atoms with E-state index in [4.69, 9.17) is 5.73 Å². The van der Waals surface area contributed by atoms with Gasteiger partial charge >= 0.3 is 0 Å². The molecule has 0 unspecified atom stereocenters. The number of rotatable bonds is 2. The number of allylic oxidation sites excluding steroid dienone is 4. The molecule has 1 aliphatic rings. The van der Waals surface area contributed by atoms with E-state index in [1.807, 2.05) is 6.07 Å². The minimum atomic E-state index is 0.905. The van der Waals surface area contributed by atoms with Gasteiger partial charge in [-0.25, -0.2) is 0 Å². The molecule has 5 rings (SSSR count). The fourth-order valence-electron chi connectivity index (χ4n) is 3.91. The number of para-hydroxylation sites is 1. The minimum Gasteiger partial charge on any atom is -0.402 e. The smallest absolute Gasteiger partial charge is 0.0465 e. The van der Waals surface area contributed by atoms with Crippen LogP contribution in [0, 0.1) is 0 Å². The molecule has 0 bridgehead atoms. The van der Waals surface area contributed by atoms with Crippen molar-refractivity contribution in [1.29, 1.82) is 0 Å². The standard InChI is InChI=1S/C24H20N2/c25-22-12-10-17(14-20(22)16-6-2-1-3-7-16)18-11-13-24-21(15-18)19-8-4-5-9-23(19)26-24/h1-9,11,13-15,26H,10,12,25H2. The maximum absolute atomic E-state index is 6.33. The van der Waals surface area contributed by atoms with Crippen molar-refractivity contribution in [3.8, 4) is 0 Å². The number of nitrogens with two attached hydrogens (primary N) is 1. The first-order chi connectivity index (χ1) is 12.8. The van der Waals surface area contributed by atoms with E-state index in [0.29, 0.717) is 0 Å². The van der Waals surface area contributed by atoms with Gasteiger partial charge in [0.1, 0.15) is 0 Å². The van der Waals surface area contributed by atoms with Crippen LogP contribution in [0.2, 0.25) is 0 Å². The number of hydrogen-bond acceptors (Lipinski definition) is 1. The molecule has 1 aromatic heterocycles. The molecule has 126 valence electrons. The van der Waals surface area contributed by atoms with Crippen LogP contribution in [-0.2, 0) is 0 Å². The van der Waals surface area contributed by atoms with Gasteiger partial charge in [-0.15, -0.1) is 0 Å². The second kappa shape index (κ2) is 5.92. The predicted molar refractivity (Wildman–Crippen MR) is 111 cm³/mol. The van der Waals surface area contributed by atoms with Crippen molar-refractivity contribution >= 4 is 33.0 Å². The highest BCUT2D eigenvalue weighted by Crippen LogP contribution is 2.35. The molecule has 0 amide bonds. The van der Waals surface area contributed by atoms with E-state index in [1.54, 1.807) is 0 Å². The third-order valence-electron chi connectivity index (χ3n) is 5.29. The van der Waals surface area contributed by atoms with Crippen LogP contribution in [0.4, 0.5) is 0 Å². The molecule has 0 aliphatic heterocycles. The van der Waals surface area contributed by atoms with Crippen molar-refractivity contribution < 1.29 is 0 Å². The molecule has 0 spiro atoms. The molecular weight excluding hydrogens is 316 g/mol. The number of nitrogens with one attached hydrogen (secondary N) is 1.